The Morgan fingerprint density at radius 2 is 2.06 bits per heavy atom. The lowest BCUT2D eigenvalue weighted by Gasteiger charge is -2.16. The van der Waals surface area contributed by atoms with Crippen molar-refractivity contribution in [3.8, 4) is 17.0 Å². The zero-order valence-electron chi connectivity index (χ0n) is 19.8. The maximum Gasteiger partial charge on any atom is 0.260 e. The van der Waals surface area contributed by atoms with Crippen LogP contribution in [-0.4, -0.2) is 68.0 Å². The van der Waals surface area contributed by atoms with Gasteiger partial charge in [0.05, 0.1) is 18.5 Å². The molecule has 0 atom stereocenters. The molecule has 3 N–H and O–H groups in total. The van der Waals surface area contributed by atoms with E-state index in [0.717, 1.165) is 46.7 Å². The topological polar surface area (TPSA) is 125 Å². The van der Waals surface area contributed by atoms with Crippen molar-refractivity contribution in [1.82, 2.24) is 19.3 Å². The van der Waals surface area contributed by atoms with Gasteiger partial charge in [0.1, 0.15) is 17.3 Å². The van der Waals surface area contributed by atoms with Crippen LogP contribution in [0, 0.1) is 0 Å². The highest BCUT2D eigenvalue weighted by atomic mass is 16.5. The SMILES string of the molecule is CN(CCO)C(=O)COc1ccc(-c2nc3cnccn3c2Nc2ccc3c(c2)CC/C3=N\O)cc1. The molecule has 0 saturated heterocycles. The Morgan fingerprint density at radius 1 is 1.22 bits per heavy atom. The maximum absolute atomic E-state index is 12.1. The third-order valence-electron chi connectivity index (χ3n) is 6.21. The first-order chi connectivity index (χ1) is 17.6. The predicted molar refractivity (Wildman–Crippen MR) is 135 cm³/mol. The van der Waals surface area contributed by atoms with Crippen LogP contribution in [-0.2, 0) is 11.2 Å². The smallest absolute Gasteiger partial charge is 0.260 e. The number of amides is 1. The summed E-state index contributed by atoms with van der Waals surface area (Å²) in [5.74, 6) is 1.14. The molecule has 2 aromatic heterocycles. The lowest BCUT2D eigenvalue weighted by Crippen LogP contribution is -2.33. The van der Waals surface area contributed by atoms with Gasteiger partial charge in [-0.2, -0.15) is 0 Å². The Labute approximate surface area is 207 Å². The van der Waals surface area contributed by atoms with E-state index in [1.165, 1.54) is 4.90 Å². The number of aliphatic hydroxyl groups excluding tert-OH is 1. The molecule has 5 rings (SSSR count). The van der Waals surface area contributed by atoms with E-state index in [1.807, 2.05) is 34.9 Å². The van der Waals surface area contributed by atoms with Crippen LogP contribution in [0.25, 0.3) is 16.9 Å². The highest BCUT2D eigenvalue weighted by molar-refractivity contribution is 6.04. The minimum absolute atomic E-state index is 0.0920. The van der Waals surface area contributed by atoms with Gasteiger partial charge in [-0.15, -0.1) is 0 Å². The molecule has 184 valence electrons. The molecule has 10 nitrogen and oxygen atoms in total. The van der Waals surface area contributed by atoms with Gasteiger partial charge in [-0.1, -0.05) is 11.2 Å². The van der Waals surface area contributed by atoms with E-state index in [2.05, 4.69) is 21.5 Å². The molecule has 0 unspecified atom stereocenters. The Hall–Kier alpha value is -4.44. The second-order valence-corrected chi connectivity index (χ2v) is 8.51. The number of rotatable bonds is 8. The summed E-state index contributed by atoms with van der Waals surface area (Å²) in [6.07, 6.45) is 6.81. The van der Waals surface area contributed by atoms with Crippen molar-refractivity contribution in [3.05, 3.63) is 72.2 Å². The second kappa shape index (κ2) is 10.0. The molecule has 0 spiro atoms. The minimum Gasteiger partial charge on any atom is -0.484 e. The standard InChI is InChI=1S/C26H26N6O4/c1-31(12-13-33)24(34)16-36-20-6-2-17(3-7-20)25-26(32-11-10-27-15-23(32)29-25)28-19-5-8-21-18(14-19)4-9-22(21)30-35/h2-3,5-8,10-11,14-15,28,33,35H,4,9,12-13,16H2,1H3/b30-22+. The summed E-state index contributed by atoms with van der Waals surface area (Å²) < 4.78 is 7.56. The number of aliphatic hydroxyl groups is 1. The number of aryl methyl sites for hydroxylation is 1. The van der Waals surface area contributed by atoms with Crippen molar-refractivity contribution in [1.29, 1.82) is 0 Å². The van der Waals surface area contributed by atoms with E-state index in [0.29, 0.717) is 17.1 Å². The third-order valence-corrected chi connectivity index (χ3v) is 6.21. The second-order valence-electron chi connectivity index (χ2n) is 8.51. The maximum atomic E-state index is 12.1. The zero-order chi connectivity index (χ0) is 25.1. The van der Waals surface area contributed by atoms with E-state index < -0.39 is 0 Å². The van der Waals surface area contributed by atoms with Crippen molar-refractivity contribution in [3.63, 3.8) is 0 Å². The number of oxime groups is 1. The first-order valence-corrected chi connectivity index (χ1v) is 11.6. The molecule has 1 amide bonds. The van der Waals surface area contributed by atoms with Crippen LogP contribution >= 0.6 is 0 Å². The highest BCUT2D eigenvalue weighted by Crippen LogP contribution is 2.33. The largest absolute Gasteiger partial charge is 0.484 e. The van der Waals surface area contributed by atoms with Crippen molar-refractivity contribution < 1.29 is 19.8 Å². The number of fused-ring (bicyclic) bond motifs is 2. The van der Waals surface area contributed by atoms with E-state index in [9.17, 15) is 10.0 Å². The fourth-order valence-electron chi connectivity index (χ4n) is 4.25. The molecular formula is C26H26N6O4. The van der Waals surface area contributed by atoms with E-state index in [4.69, 9.17) is 14.8 Å². The van der Waals surface area contributed by atoms with Gasteiger partial charge >= 0.3 is 0 Å². The number of anilines is 2. The number of nitrogens with zero attached hydrogens (tertiary/aromatic N) is 5. The molecule has 2 aromatic carbocycles. The molecule has 36 heavy (non-hydrogen) atoms. The van der Waals surface area contributed by atoms with Gasteiger partial charge in [0, 0.05) is 42.8 Å². The lowest BCUT2D eigenvalue weighted by atomic mass is 10.1. The van der Waals surface area contributed by atoms with Gasteiger partial charge in [0.2, 0.25) is 0 Å². The average molecular weight is 487 g/mol. The van der Waals surface area contributed by atoms with Crippen molar-refractivity contribution in [2.24, 2.45) is 5.16 Å². The van der Waals surface area contributed by atoms with Crippen LogP contribution in [0.4, 0.5) is 11.5 Å². The van der Waals surface area contributed by atoms with Gasteiger partial charge in [-0.3, -0.25) is 14.2 Å². The van der Waals surface area contributed by atoms with Gasteiger partial charge in [-0.05, 0) is 54.8 Å². The monoisotopic (exact) mass is 486 g/mol. The Kier molecular flexibility index (Phi) is 6.50. The number of aromatic nitrogens is 3. The molecule has 10 heteroatoms. The molecule has 0 saturated carbocycles. The molecular weight excluding hydrogens is 460 g/mol. The molecule has 0 fully saturated rings. The molecule has 4 aromatic rings. The summed E-state index contributed by atoms with van der Waals surface area (Å²) in [4.78, 5) is 22.5. The number of hydrogen-bond donors (Lipinski definition) is 3. The minimum atomic E-state index is -0.209. The van der Waals surface area contributed by atoms with Crippen LogP contribution < -0.4 is 10.1 Å². The number of benzene rings is 2. The Morgan fingerprint density at radius 3 is 2.83 bits per heavy atom. The Balaban J connectivity index is 1.40. The van der Waals surface area contributed by atoms with Gasteiger partial charge in [0.15, 0.2) is 12.3 Å². The van der Waals surface area contributed by atoms with E-state index in [1.54, 1.807) is 31.6 Å². The summed E-state index contributed by atoms with van der Waals surface area (Å²) in [6.45, 7) is 0.0645. The molecule has 0 radical (unpaired) electrons. The number of carbonyl (C=O) groups is 1. The zero-order valence-corrected chi connectivity index (χ0v) is 19.8. The summed E-state index contributed by atoms with van der Waals surface area (Å²) in [5.41, 5.74) is 6.02. The highest BCUT2D eigenvalue weighted by Gasteiger charge is 2.20. The van der Waals surface area contributed by atoms with Crippen molar-refractivity contribution >= 4 is 28.8 Å². The summed E-state index contributed by atoms with van der Waals surface area (Å²) in [5, 5.41) is 25.1. The van der Waals surface area contributed by atoms with Crippen LogP contribution in [0.5, 0.6) is 5.75 Å². The summed E-state index contributed by atoms with van der Waals surface area (Å²) in [7, 11) is 1.62. The first kappa shape index (κ1) is 23.3. The van der Waals surface area contributed by atoms with Gasteiger partial charge < -0.3 is 25.3 Å². The van der Waals surface area contributed by atoms with Crippen molar-refractivity contribution in [2.75, 3.05) is 32.1 Å². The Bertz CT molecular complexity index is 1430. The lowest BCUT2D eigenvalue weighted by molar-refractivity contribution is -0.132. The molecule has 2 heterocycles. The summed E-state index contributed by atoms with van der Waals surface area (Å²) >= 11 is 0. The van der Waals surface area contributed by atoms with E-state index in [-0.39, 0.29) is 25.7 Å². The van der Waals surface area contributed by atoms with Crippen LogP contribution in [0.1, 0.15) is 17.5 Å². The number of imidazole rings is 1. The third kappa shape index (κ3) is 4.58. The van der Waals surface area contributed by atoms with Crippen LogP contribution in [0.15, 0.2) is 66.2 Å². The molecule has 0 aliphatic heterocycles. The number of ether oxygens (including phenoxy) is 1. The average Bonchev–Trinajstić information content (AvgIpc) is 3.48. The van der Waals surface area contributed by atoms with Crippen LogP contribution in [0.2, 0.25) is 0 Å². The summed E-state index contributed by atoms with van der Waals surface area (Å²) in [6, 6.07) is 13.4. The normalized spacial score (nSPS) is 13.7. The van der Waals surface area contributed by atoms with Crippen LogP contribution in [0.3, 0.4) is 0 Å². The molecule has 1 aliphatic carbocycles. The number of carbonyl (C=O) groups excluding carboxylic acids is 1. The molecule has 0 bridgehead atoms. The fraction of sp³-hybridized carbons (Fsp3) is 0.231. The van der Waals surface area contributed by atoms with E-state index >= 15 is 0 Å². The fourth-order valence-corrected chi connectivity index (χ4v) is 4.25. The molecule has 1 aliphatic rings. The number of hydrogen-bond acceptors (Lipinski definition) is 8. The quantitative estimate of drug-likeness (QED) is 0.258. The predicted octanol–water partition coefficient (Wildman–Crippen LogP) is 3.09. The van der Waals surface area contributed by atoms with Crippen molar-refractivity contribution in [2.45, 2.75) is 12.8 Å². The first-order valence-electron chi connectivity index (χ1n) is 11.6. The number of likely N-dealkylation sites (N-methyl/N-ethyl adjacent to an activating group) is 1. The number of nitrogens with one attached hydrogen (secondary N) is 1. The van der Waals surface area contributed by atoms with Gasteiger partial charge in [0.25, 0.3) is 5.91 Å². The van der Waals surface area contributed by atoms with Gasteiger partial charge in [-0.25, -0.2) is 4.98 Å².